The highest BCUT2D eigenvalue weighted by molar-refractivity contribution is 6.90. The van der Waals surface area contributed by atoms with Crippen molar-refractivity contribution in [2.24, 2.45) is 5.16 Å². The van der Waals surface area contributed by atoms with E-state index in [1.54, 1.807) is 0 Å². The number of carbonyl (C=O) groups is 1. The minimum atomic E-state index is -2.14. The standard InChI is InChI=1S/C23H40N2O2Si2/c1-12-14-17-15-13-16-18-19(24-27-29(10,11)23(5,6)7)21(26)25(20(17)18)28(8,9)22(2,3)4/h13,15-16H,12,14H2,1-11H3/b24-19-. The van der Waals surface area contributed by atoms with Crippen molar-refractivity contribution < 1.29 is 9.32 Å². The van der Waals surface area contributed by atoms with E-state index in [1.165, 1.54) is 5.56 Å². The van der Waals surface area contributed by atoms with E-state index in [1.807, 2.05) is 12.1 Å². The third-order valence-electron chi connectivity index (χ3n) is 7.09. The molecule has 6 heteroatoms. The summed E-state index contributed by atoms with van der Waals surface area (Å²) >= 11 is 0. The fourth-order valence-corrected chi connectivity index (χ4v) is 5.79. The summed E-state index contributed by atoms with van der Waals surface area (Å²) in [6, 6.07) is 6.24. The van der Waals surface area contributed by atoms with Crippen molar-refractivity contribution in [3.8, 4) is 0 Å². The molecule has 0 unspecified atom stereocenters. The molecule has 0 fully saturated rings. The average molecular weight is 433 g/mol. The first-order chi connectivity index (χ1) is 13.1. The van der Waals surface area contributed by atoms with Crippen LogP contribution in [0.1, 0.15) is 66.0 Å². The van der Waals surface area contributed by atoms with Gasteiger partial charge in [-0.3, -0.25) is 4.79 Å². The molecule has 1 aromatic rings. The second-order valence-electron chi connectivity index (χ2n) is 11.3. The number of anilines is 1. The summed E-state index contributed by atoms with van der Waals surface area (Å²) in [5, 5.41) is 4.61. The van der Waals surface area contributed by atoms with Crippen molar-refractivity contribution in [3.05, 3.63) is 29.3 Å². The lowest BCUT2D eigenvalue weighted by molar-refractivity contribution is -0.111. The molecule has 0 radical (unpaired) electrons. The molecular formula is C23H40N2O2Si2. The lowest BCUT2D eigenvalue weighted by atomic mass is 10.0. The third kappa shape index (κ3) is 4.24. The number of fused-ring (bicyclic) bond motifs is 1. The molecule has 162 valence electrons. The van der Waals surface area contributed by atoms with Crippen molar-refractivity contribution in [2.75, 3.05) is 4.57 Å². The molecule has 1 aromatic carbocycles. The van der Waals surface area contributed by atoms with E-state index in [0.717, 1.165) is 24.1 Å². The van der Waals surface area contributed by atoms with Crippen molar-refractivity contribution in [1.82, 2.24) is 0 Å². The van der Waals surface area contributed by atoms with Crippen LogP contribution in [-0.2, 0) is 15.7 Å². The van der Waals surface area contributed by atoms with Crippen LogP contribution in [0.2, 0.25) is 36.3 Å². The van der Waals surface area contributed by atoms with Gasteiger partial charge >= 0.3 is 0 Å². The Morgan fingerprint density at radius 1 is 1.00 bits per heavy atom. The van der Waals surface area contributed by atoms with E-state index < -0.39 is 16.6 Å². The van der Waals surface area contributed by atoms with E-state index in [9.17, 15) is 4.79 Å². The maximum atomic E-state index is 13.7. The summed E-state index contributed by atoms with van der Waals surface area (Å²) in [6.07, 6.45) is 2.00. The van der Waals surface area contributed by atoms with Crippen LogP contribution in [0.5, 0.6) is 0 Å². The molecular weight excluding hydrogens is 392 g/mol. The van der Waals surface area contributed by atoms with Gasteiger partial charge in [-0.15, -0.1) is 0 Å². The lowest BCUT2D eigenvalue weighted by Gasteiger charge is -2.44. The Kier molecular flexibility index (Phi) is 6.33. The number of oxime groups is 1. The molecule has 0 aliphatic carbocycles. The summed E-state index contributed by atoms with van der Waals surface area (Å²) in [5.74, 6) is 0.00820. The second-order valence-corrected chi connectivity index (χ2v) is 21.1. The number of hydrogen-bond donors (Lipinski definition) is 0. The first-order valence-electron chi connectivity index (χ1n) is 10.8. The molecule has 0 bridgehead atoms. The minimum Gasteiger partial charge on any atom is -0.454 e. The molecule has 0 saturated heterocycles. The summed E-state index contributed by atoms with van der Waals surface area (Å²) in [4.78, 5) is 13.7. The zero-order chi connectivity index (χ0) is 22.4. The highest BCUT2D eigenvalue weighted by atomic mass is 28.4. The van der Waals surface area contributed by atoms with Crippen LogP contribution in [0.3, 0.4) is 0 Å². The van der Waals surface area contributed by atoms with E-state index in [-0.39, 0.29) is 16.0 Å². The molecule has 1 aliphatic rings. The largest absolute Gasteiger partial charge is 0.454 e. The van der Waals surface area contributed by atoms with Crippen molar-refractivity contribution in [1.29, 1.82) is 0 Å². The number of aryl methyl sites for hydroxylation is 1. The Bertz CT molecular complexity index is 815. The quantitative estimate of drug-likeness (QED) is 0.383. The van der Waals surface area contributed by atoms with Gasteiger partial charge in [-0.25, -0.2) is 0 Å². The predicted octanol–water partition coefficient (Wildman–Crippen LogP) is 6.72. The highest BCUT2D eigenvalue weighted by Crippen LogP contribution is 2.46. The summed E-state index contributed by atoms with van der Waals surface area (Å²) < 4.78 is 8.26. The summed E-state index contributed by atoms with van der Waals surface area (Å²) in [6.45, 7) is 24.4. The van der Waals surface area contributed by atoms with Crippen LogP contribution < -0.4 is 4.57 Å². The number of benzene rings is 1. The van der Waals surface area contributed by atoms with Gasteiger partial charge in [0, 0.05) is 11.3 Å². The Morgan fingerprint density at radius 2 is 1.59 bits per heavy atom. The molecule has 0 atom stereocenters. The Hall–Kier alpha value is -1.41. The molecule has 1 heterocycles. The minimum absolute atomic E-state index is 0.00820. The van der Waals surface area contributed by atoms with Crippen LogP contribution in [0.4, 0.5) is 5.69 Å². The lowest BCUT2D eigenvalue weighted by Crippen LogP contribution is -2.57. The highest BCUT2D eigenvalue weighted by Gasteiger charge is 2.51. The molecule has 0 spiro atoms. The van der Waals surface area contributed by atoms with Gasteiger partial charge in [0.1, 0.15) is 0 Å². The third-order valence-corrected chi connectivity index (χ3v) is 16.5. The van der Waals surface area contributed by atoms with Gasteiger partial charge in [0.2, 0.25) is 0 Å². The van der Waals surface area contributed by atoms with Crippen LogP contribution in [0.15, 0.2) is 23.4 Å². The number of nitrogens with zero attached hydrogens (tertiary/aromatic N) is 2. The van der Waals surface area contributed by atoms with Gasteiger partial charge in [-0.2, -0.15) is 0 Å². The summed E-state index contributed by atoms with van der Waals surface area (Å²) in [5.41, 5.74) is 3.72. The Balaban J connectivity index is 2.66. The molecule has 1 amide bonds. The SMILES string of the molecule is CCCc1cccc2c1N([Si](C)(C)C(C)(C)C)C(=O)/C2=N\O[Si](C)(C)C(C)(C)C. The number of rotatable bonds is 5. The average Bonchev–Trinajstić information content (AvgIpc) is 2.84. The second kappa shape index (κ2) is 7.69. The summed E-state index contributed by atoms with van der Waals surface area (Å²) in [7, 11) is -4.24. The van der Waals surface area contributed by atoms with Gasteiger partial charge in [0.25, 0.3) is 14.2 Å². The molecule has 1 aliphatic heterocycles. The van der Waals surface area contributed by atoms with Crippen molar-refractivity contribution in [2.45, 2.75) is 97.6 Å². The topological polar surface area (TPSA) is 41.9 Å². The fraction of sp³-hybridized carbons (Fsp3) is 0.652. The van der Waals surface area contributed by atoms with E-state index in [2.05, 4.69) is 90.4 Å². The molecule has 0 N–H and O–H groups in total. The Labute approximate surface area is 179 Å². The van der Waals surface area contributed by atoms with Gasteiger partial charge in [-0.05, 0) is 35.2 Å². The number of carbonyl (C=O) groups excluding carboxylic acids is 1. The van der Waals surface area contributed by atoms with Crippen LogP contribution in [0.25, 0.3) is 0 Å². The van der Waals surface area contributed by atoms with E-state index in [4.69, 9.17) is 4.53 Å². The Morgan fingerprint density at radius 3 is 2.07 bits per heavy atom. The molecule has 29 heavy (non-hydrogen) atoms. The van der Waals surface area contributed by atoms with Crippen LogP contribution in [0, 0.1) is 0 Å². The first kappa shape index (κ1) is 23.9. The first-order valence-corrected chi connectivity index (χ1v) is 16.6. The molecule has 0 saturated carbocycles. The maximum absolute atomic E-state index is 13.7. The van der Waals surface area contributed by atoms with Crippen molar-refractivity contribution >= 4 is 33.9 Å². The normalized spacial score (nSPS) is 17.1. The number of amides is 1. The van der Waals surface area contributed by atoms with Gasteiger partial charge in [0.15, 0.2) is 13.9 Å². The number of para-hydroxylation sites is 1. The predicted molar refractivity (Wildman–Crippen MR) is 130 cm³/mol. The van der Waals surface area contributed by atoms with Gasteiger partial charge < -0.3 is 9.09 Å². The van der Waals surface area contributed by atoms with Gasteiger partial charge in [-0.1, -0.05) is 91.3 Å². The zero-order valence-corrected chi connectivity index (χ0v) is 22.4. The molecule has 0 aromatic heterocycles. The van der Waals surface area contributed by atoms with Crippen molar-refractivity contribution in [3.63, 3.8) is 0 Å². The van der Waals surface area contributed by atoms with E-state index >= 15 is 0 Å². The molecule has 4 nitrogen and oxygen atoms in total. The van der Waals surface area contributed by atoms with Gasteiger partial charge in [0.05, 0.1) is 0 Å². The zero-order valence-electron chi connectivity index (χ0n) is 20.4. The van der Waals surface area contributed by atoms with Crippen LogP contribution >= 0.6 is 0 Å². The fourth-order valence-electron chi connectivity index (χ4n) is 3.09. The monoisotopic (exact) mass is 432 g/mol. The van der Waals surface area contributed by atoms with E-state index in [0.29, 0.717) is 5.71 Å². The maximum Gasteiger partial charge on any atom is 0.286 e. The molecule has 2 rings (SSSR count). The van der Waals surface area contributed by atoms with Crippen LogP contribution in [-0.4, -0.2) is 28.2 Å². The smallest absolute Gasteiger partial charge is 0.286 e. The number of hydrogen-bond acceptors (Lipinski definition) is 3.